The molecule has 33 heavy (non-hydrogen) atoms. The van der Waals surface area contributed by atoms with E-state index in [2.05, 4.69) is 32.4 Å². The standard InChI is InChI=1S/C26H20ClFN4O/c1-15-6-18-8-16(2-3-23(18)30-12-15)7-17-4-5-29-25(9-17)26(33)32-13-19-10-20-21(27)14-31-24(20)11-22(19)28/h2-6,8-12,14,31H,7,13H2,1H3,(H,32,33). The van der Waals surface area contributed by atoms with E-state index in [0.717, 1.165) is 27.6 Å². The third-order valence-corrected chi connectivity index (χ3v) is 5.90. The van der Waals surface area contributed by atoms with Crippen LogP contribution in [0.3, 0.4) is 0 Å². The van der Waals surface area contributed by atoms with E-state index in [4.69, 9.17) is 11.6 Å². The molecule has 0 atom stereocenters. The fraction of sp³-hybridized carbons (Fsp3) is 0.115. The van der Waals surface area contributed by atoms with Crippen molar-refractivity contribution >= 4 is 39.3 Å². The fourth-order valence-electron chi connectivity index (χ4n) is 3.90. The molecule has 5 rings (SSSR count). The molecular weight excluding hydrogens is 439 g/mol. The summed E-state index contributed by atoms with van der Waals surface area (Å²) in [6.45, 7) is 2.05. The Hall–Kier alpha value is -3.77. The molecule has 0 saturated heterocycles. The van der Waals surface area contributed by atoms with E-state index in [-0.39, 0.29) is 18.1 Å². The number of aromatic amines is 1. The number of rotatable bonds is 5. The van der Waals surface area contributed by atoms with E-state index < -0.39 is 5.82 Å². The molecule has 0 spiro atoms. The molecule has 2 aromatic carbocycles. The van der Waals surface area contributed by atoms with Crippen LogP contribution in [-0.2, 0) is 13.0 Å². The molecule has 164 valence electrons. The van der Waals surface area contributed by atoms with E-state index >= 15 is 0 Å². The number of hydrogen-bond acceptors (Lipinski definition) is 3. The number of H-pyrrole nitrogens is 1. The monoisotopic (exact) mass is 458 g/mol. The number of halogens is 2. The number of nitrogens with zero attached hydrogens (tertiary/aromatic N) is 2. The average molecular weight is 459 g/mol. The van der Waals surface area contributed by atoms with Gasteiger partial charge in [-0.1, -0.05) is 17.7 Å². The van der Waals surface area contributed by atoms with Crippen LogP contribution >= 0.6 is 11.6 Å². The summed E-state index contributed by atoms with van der Waals surface area (Å²) in [7, 11) is 0. The Kier molecular flexibility index (Phi) is 5.52. The number of aromatic nitrogens is 3. The predicted molar refractivity (Wildman–Crippen MR) is 128 cm³/mol. The Morgan fingerprint density at radius 3 is 2.82 bits per heavy atom. The first-order chi connectivity index (χ1) is 16.0. The van der Waals surface area contributed by atoms with Gasteiger partial charge >= 0.3 is 0 Å². The van der Waals surface area contributed by atoms with E-state index in [1.54, 1.807) is 24.5 Å². The van der Waals surface area contributed by atoms with Crippen molar-refractivity contribution in [3.8, 4) is 0 Å². The van der Waals surface area contributed by atoms with Gasteiger partial charge in [-0.15, -0.1) is 0 Å². The van der Waals surface area contributed by atoms with Gasteiger partial charge in [0.15, 0.2) is 0 Å². The summed E-state index contributed by atoms with van der Waals surface area (Å²) in [6, 6.07) is 14.9. The topological polar surface area (TPSA) is 70.7 Å². The maximum Gasteiger partial charge on any atom is 0.270 e. The van der Waals surface area contributed by atoms with Crippen molar-refractivity contribution in [3.63, 3.8) is 0 Å². The van der Waals surface area contributed by atoms with Crippen LogP contribution in [0.15, 0.2) is 67.1 Å². The number of carbonyl (C=O) groups is 1. The van der Waals surface area contributed by atoms with Crippen LogP contribution in [0.1, 0.15) is 32.7 Å². The summed E-state index contributed by atoms with van der Waals surface area (Å²) < 4.78 is 14.4. The van der Waals surface area contributed by atoms with Crippen LogP contribution in [0.5, 0.6) is 0 Å². The van der Waals surface area contributed by atoms with Gasteiger partial charge in [0.05, 0.1) is 10.5 Å². The summed E-state index contributed by atoms with van der Waals surface area (Å²) in [5, 5.41) is 5.05. The number of fused-ring (bicyclic) bond motifs is 2. The van der Waals surface area contributed by atoms with Crippen LogP contribution in [0.25, 0.3) is 21.8 Å². The third-order valence-electron chi connectivity index (χ3n) is 5.59. The first-order valence-corrected chi connectivity index (χ1v) is 10.9. The number of nitrogens with one attached hydrogen (secondary N) is 2. The van der Waals surface area contributed by atoms with Crippen molar-refractivity contribution in [1.82, 2.24) is 20.3 Å². The molecule has 5 aromatic rings. The molecule has 7 heteroatoms. The van der Waals surface area contributed by atoms with E-state index in [1.807, 2.05) is 31.3 Å². The summed E-state index contributed by atoms with van der Waals surface area (Å²) in [6.07, 6.45) is 5.73. The molecule has 3 aromatic heterocycles. The van der Waals surface area contributed by atoms with Gasteiger partial charge in [-0.25, -0.2) is 4.39 Å². The molecule has 0 aliphatic rings. The molecule has 3 heterocycles. The molecular formula is C26H20ClFN4O. The molecule has 0 radical (unpaired) electrons. The van der Waals surface area contributed by atoms with Gasteiger partial charge in [0, 0.05) is 47.0 Å². The minimum absolute atomic E-state index is 0.0328. The highest BCUT2D eigenvalue weighted by Crippen LogP contribution is 2.26. The Bertz CT molecular complexity index is 1510. The molecule has 0 saturated carbocycles. The molecule has 0 fully saturated rings. The quantitative estimate of drug-likeness (QED) is 0.353. The lowest BCUT2D eigenvalue weighted by Gasteiger charge is -2.09. The van der Waals surface area contributed by atoms with E-state index in [0.29, 0.717) is 27.9 Å². The summed E-state index contributed by atoms with van der Waals surface area (Å²) in [5.74, 6) is -0.779. The van der Waals surface area contributed by atoms with E-state index in [9.17, 15) is 9.18 Å². The molecule has 0 bridgehead atoms. The van der Waals surface area contributed by atoms with Crippen molar-refractivity contribution < 1.29 is 9.18 Å². The second-order valence-corrected chi connectivity index (χ2v) is 8.48. The van der Waals surface area contributed by atoms with Crippen LogP contribution in [0.4, 0.5) is 4.39 Å². The fourth-order valence-corrected chi connectivity index (χ4v) is 4.11. The number of aryl methyl sites for hydroxylation is 1. The van der Waals surface area contributed by atoms with Gasteiger partial charge in [0.25, 0.3) is 5.91 Å². The largest absolute Gasteiger partial charge is 0.360 e. The van der Waals surface area contributed by atoms with Gasteiger partial charge in [-0.05, 0) is 72.5 Å². The third kappa shape index (κ3) is 4.43. The van der Waals surface area contributed by atoms with Gasteiger partial charge in [-0.3, -0.25) is 14.8 Å². The normalized spacial score (nSPS) is 11.2. The zero-order valence-corrected chi connectivity index (χ0v) is 18.6. The Labute approximate surface area is 194 Å². The minimum Gasteiger partial charge on any atom is -0.360 e. The summed E-state index contributed by atoms with van der Waals surface area (Å²) in [5.41, 5.74) is 5.39. The highest BCUT2D eigenvalue weighted by molar-refractivity contribution is 6.35. The molecule has 5 nitrogen and oxygen atoms in total. The van der Waals surface area contributed by atoms with Crippen molar-refractivity contribution in [3.05, 3.63) is 106 Å². The van der Waals surface area contributed by atoms with Gasteiger partial charge < -0.3 is 10.3 Å². The van der Waals surface area contributed by atoms with Crippen LogP contribution in [-0.4, -0.2) is 20.9 Å². The van der Waals surface area contributed by atoms with Crippen LogP contribution in [0.2, 0.25) is 5.02 Å². The SMILES string of the molecule is Cc1cnc2ccc(Cc3ccnc(C(=O)NCc4cc5c(Cl)c[nH]c5cc4F)c3)cc2c1. The number of carbonyl (C=O) groups excluding carboxylic acids is 1. The smallest absolute Gasteiger partial charge is 0.270 e. The molecule has 0 aliphatic carbocycles. The number of hydrogen-bond donors (Lipinski definition) is 2. The number of amides is 1. The maximum atomic E-state index is 14.4. The lowest BCUT2D eigenvalue weighted by molar-refractivity contribution is 0.0945. The first-order valence-electron chi connectivity index (χ1n) is 10.5. The second-order valence-electron chi connectivity index (χ2n) is 8.07. The predicted octanol–water partition coefficient (Wildman–Crippen LogP) is 5.73. The van der Waals surface area contributed by atoms with Crippen molar-refractivity contribution in [2.75, 3.05) is 0 Å². The highest BCUT2D eigenvalue weighted by Gasteiger charge is 2.12. The molecule has 0 aliphatic heterocycles. The van der Waals surface area contributed by atoms with Crippen molar-refractivity contribution in [2.24, 2.45) is 0 Å². The van der Waals surface area contributed by atoms with Crippen molar-refractivity contribution in [1.29, 1.82) is 0 Å². The Balaban J connectivity index is 1.31. The Morgan fingerprint density at radius 2 is 1.94 bits per heavy atom. The molecule has 0 unspecified atom stereocenters. The second kappa shape index (κ2) is 8.64. The number of pyridine rings is 2. The minimum atomic E-state index is -0.413. The van der Waals surface area contributed by atoms with Crippen LogP contribution < -0.4 is 5.32 Å². The maximum absolute atomic E-state index is 14.4. The number of benzene rings is 2. The van der Waals surface area contributed by atoms with E-state index in [1.165, 1.54) is 6.07 Å². The zero-order valence-electron chi connectivity index (χ0n) is 17.8. The summed E-state index contributed by atoms with van der Waals surface area (Å²) >= 11 is 6.12. The lowest BCUT2D eigenvalue weighted by Crippen LogP contribution is -2.24. The van der Waals surface area contributed by atoms with Gasteiger partial charge in [0.2, 0.25) is 0 Å². The average Bonchev–Trinajstić information content (AvgIpc) is 3.16. The van der Waals surface area contributed by atoms with Gasteiger partial charge in [-0.2, -0.15) is 0 Å². The lowest BCUT2D eigenvalue weighted by atomic mass is 10.0. The summed E-state index contributed by atoms with van der Waals surface area (Å²) in [4.78, 5) is 24.2. The van der Waals surface area contributed by atoms with Gasteiger partial charge in [0.1, 0.15) is 11.5 Å². The highest BCUT2D eigenvalue weighted by atomic mass is 35.5. The zero-order chi connectivity index (χ0) is 22.9. The first kappa shape index (κ1) is 21.1. The van der Waals surface area contributed by atoms with Crippen LogP contribution in [0, 0.1) is 12.7 Å². The molecule has 2 N–H and O–H groups in total. The van der Waals surface area contributed by atoms with Crippen molar-refractivity contribution in [2.45, 2.75) is 19.9 Å². The Morgan fingerprint density at radius 1 is 1.09 bits per heavy atom. The molecule has 1 amide bonds.